The standard InChI is InChI=1S/C15H16ClFN4O/c16-11-6-12(17)14(18-7-11)21-5-1-2-10(8-21)13-19-15(22-20-13)9-3-4-9/h6-7,9-10H,1-5,8H2/t10-/m0/s1. The second kappa shape index (κ2) is 5.50. The van der Waals surface area contributed by atoms with Gasteiger partial charge in [-0.3, -0.25) is 0 Å². The fourth-order valence-corrected chi connectivity index (χ4v) is 3.07. The average molecular weight is 323 g/mol. The smallest absolute Gasteiger partial charge is 0.229 e. The molecule has 1 aliphatic carbocycles. The minimum atomic E-state index is -0.389. The van der Waals surface area contributed by atoms with Gasteiger partial charge in [-0.2, -0.15) is 4.98 Å². The van der Waals surface area contributed by atoms with Crippen LogP contribution in [-0.2, 0) is 0 Å². The van der Waals surface area contributed by atoms with E-state index in [9.17, 15) is 4.39 Å². The Hall–Kier alpha value is -1.69. The van der Waals surface area contributed by atoms with Gasteiger partial charge < -0.3 is 9.42 Å². The number of hydrogen-bond acceptors (Lipinski definition) is 5. The van der Waals surface area contributed by atoms with Crippen LogP contribution in [0.15, 0.2) is 16.8 Å². The average Bonchev–Trinajstić information content (AvgIpc) is 3.25. The molecule has 2 aromatic rings. The van der Waals surface area contributed by atoms with Crippen LogP contribution in [0.2, 0.25) is 5.02 Å². The lowest BCUT2D eigenvalue weighted by Gasteiger charge is -2.32. The molecule has 1 saturated heterocycles. The van der Waals surface area contributed by atoms with Gasteiger partial charge in [-0.25, -0.2) is 9.37 Å². The quantitative estimate of drug-likeness (QED) is 0.865. The first kappa shape index (κ1) is 13.9. The highest BCUT2D eigenvalue weighted by Crippen LogP contribution is 2.39. The summed E-state index contributed by atoms with van der Waals surface area (Å²) in [7, 11) is 0. The van der Waals surface area contributed by atoms with Crippen LogP contribution in [0.25, 0.3) is 0 Å². The molecule has 2 aromatic heterocycles. The fraction of sp³-hybridized carbons (Fsp3) is 0.533. The Balaban J connectivity index is 1.53. The molecule has 2 aliphatic rings. The van der Waals surface area contributed by atoms with Gasteiger partial charge in [0.2, 0.25) is 5.89 Å². The number of hydrogen-bond donors (Lipinski definition) is 0. The molecule has 2 fully saturated rings. The van der Waals surface area contributed by atoms with Crippen LogP contribution in [0.3, 0.4) is 0 Å². The summed E-state index contributed by atoms with van der Waals surface area (Å²) in [6.45, 7) is 1.42. The van der Waals surface area contributed by atoms with Crippen molar-refractivity contribution >= 4 is 17.4 Å². The molecule has 0 radical (unpaired) electrons. The molecule has 0 N–H and O–H groups in total. The molecule has 0 unspecified atom stereocenters. The largest absolute Gasteiger partial charge is 0.353 e. The third-order valence-corrected chi connectivity index (χ3v) is 4.47. The van der Waals surface area contributed by atoms with E-state index in [1.54, 1.807) is 0 Å². The van der Waals surface area contributed by atoms with Crippen molar-refractivity contribution in [1.29, 1.82) is 0 Å². The van der Waals surface area contributed by atoms with Crippen molar-refractivity contribution in [2.75, 3.05) is 18.0 Å². The first-order chi connectivity index (χ1) is 10.7. The first-order valence-corrected chi connectivity index (χ1v) is 7.98. The third-order valence-electron chi connectivity index (χ3n) is 4.26. The fourth-order valence-electron chi connectivity index (χ4n) is 2.93. The molecule has 116 valence electrons. The number of aromatic nitrogens is 3. The number of nitrogens with zero attached hydrogens (tertiary/aromatic N) is 4. The molecule has 4 rings (SSSR count). The Kier molecular flexibility index (Phi) is 3.48. The third kappa shape index (κ3) is 2.67. The van der Waals surface area contributed by atoms with E-state index in [0.717, 1.165) is 43.9 Å². The topological polar surface area (TPSA) is 55.1 Å². The molecule has 0 bridgehead atoms. The summed E-state index contributed by atoms with van der Waals surface area (Å²) in [6.07, 6.45) is 5.68. The second-order valence-electron chi connectivity index (χ2n) is 6.01. The van der Waals surface area contributed by atoms with Crippen molar-refractivity contribution in [2.45, 2.75) is 37.5 Å². The molecular weight excluding hydrogens is 307 g/mol. The predicted molar refractivity (Wildman–Crippen MR) is 79.7 cm³/mol. The Morgan fingerprint density at radius 1 is 1.27 bits per heavy atom. The molecular formula is C15H16ClFN4O. The summed E-state index contributed by atoms with van der Waals surface area (Å²) in [6, 6.07) is 1.30. The van der Waals surface area contributed by atoms with Crippen LogP contribution in [0.5, 0.6) is 0 Å². The van der Waals surface area contributed by atoms with Crippen LogP contribution in [-0.4, -0.2) is 28.2 Å². The summed E-state index contributed by atoms with van der Waals surface area (Å²) in [5.74, 6) is 2.06. The monoisotopic (exact) mass is 322 g/mol. The van der Waals surface area contributed by atoms with Gasteiger partial charge in [-0.1, -0.05) is 16.8 Å². The van der Waals surface area contributed by atoms with Gasteiger partial charge in [0.25, 0.3) is 0 Å². The van der Waals surface area contributed by atoms with Gasteiger partial charge in [-0.15, -0.1) is 0 Å². The molecule has 0 aromatic carbocycles. The van der Waals surface area contributed by atoms with Crippen molar-refractivity contribution in [2.24, 2.45) is 0 Å². The summed E-state index contributed by atoms with van der Waals surface area (Å²) in [5, 5.41) is 4.43. The Bertz CT molecular complexity index is 688. The van der Waals surface area contributed by atoms with Crippen LogP contribution in [0, 0.1) is 5.82 Å². The highest BCUT2D eigenvalue weighted by atomic mass is 35.5. The van der Waals surface area contributed by atoms with Gasteiger partial charge in [0.1, 0.15) is 0 Å². The minimum absolute atomic E-state index is 0.155. The SMILES string of the molecule is Fc1cc(Cl)cnc1N1CCC[C@H](c2noc(C3CC3)n2)C1. The normalized spacial score (nSPS) is 22.1. The number of anilines is 1. The van der Waals surface area contributed by atoms with Crippen LogP contribution >= 0.6 is 11.6 Å². The zero-order valence-electron chi connectivity index (χ0n) is 12.0. The Morgan fingerprint density at radius 2 is 2.14 bits per heavy atom. The highest BCUT2D eigenvalue weighted by Gasteiger charge is 2.32. The summed E-state index contributed by atoms with van der Waals surface area (Å²) in [5.41, 5.74) is 0. The van der Waals surface area contributed by atoms with Gasteiger partial charge in [0, 0.05) is 31.1 Å². The van der Waals surface area contributed by atoms with Crippen molar-refractivity contribution in [3.63, 3.8) is 0 Å². The lowest BCUT2D eigenvalue weighted by atomic mass is 9.97. The molecule has 1 aliphatic heterocycles. The van der Waals surface area contributed by atoms with E-state index in [-0.39, 0.29) is 11.7 Å². The maximum absolute atomic E-state index is 14.0. The highest BCUT2D eigenvalue weighted by molar-refractivity contribution is 6.30. The molecule has 3 heterocycles. The van der Waals surface area contributed by atoms with Gasteiger partial charge >= 0.3 is 0 Å². The maximum Gasteiger partial charge on any atom is 0.229 e. The number of pyridine rings is 1. The van der Waals surface area contributed by atoms with E-state index in [2.05, 4.69) is 15.1 Å². The number of rotatable bonds is 3. The van der Waals surface area contributed by atoms with Crippen molar-refractivity contribution < 1.29 is 8.91 Å². The van der Waals surface area contributed by atoms with Crippen molar-refractivity contribution in [1.82, 2.24) is 15.1 Å². The van der Waals surface area contributed by atoms with Crippen molar-refractivity contribution in [3.8, 4) is 0 Å². The zero-order valence-corrected chi connectivity index (χ0v) is 12.8. The number of piperidine rings is 1. The van der Waals surface area contributed by atoms with E-state index in [1.165, 1.54) is 12.3 Å². The first-order valence-electron chi connectivity index (χ1n) is 7.60. The van der Waals surface area contributed by atoms with Crippen molar-refractivity contribution in [3.05, 3.63) is 34.8 Å². The Labute approximate surface area is 132 Å². The van der Waals surface area contributed by atoms with E-state index in [4.69, 9.17) is 16.1 Å². The van der Waals surface area contributed by atoms with Gasteiger partial charge in [0.05, 0.1) is 5.02 Å². The predicted octanol–water partition coefficient (Wildman–Crippen LogP) is 3.52. The van der Waals surface area contributed by atoms with Crippen LogP contribution < -0.4 is 4.90 Å². The molecule has 5 nitrogen and oxygen atoms in total. The number of halogens is 2. The van der Waals surface area contributed by atoms with Crippen LogP contribution in [0.4, 0.5) is 10.2 Å². The summed E-state index contributed by atoms with van der Waals surface area (Å²) in [4.78, 5) is 10.6. The van der Waals surface area contributed by atoms with E-state index < -0.39 is 0 Å². The van der Waals surface area contributed by atoms with E-state index >= 15 is 0 Å². The van der Waals surface area contributed by atoms with Crippen LogP contribution in [0.1, 0.15) is 49.2 Å². The Morgan fingerprint density at radius 3 is 2.91 bits per heavy atom. The van der Waals surface area contributed by atoms with E-state index in [1.807, 2.05) is 4.90 Å². The molecule has 7 heteroatoms. The molecule has 0 amide bonds. The summed E-state index contributed by atoms with van der Waals surface area (Å²) >= 11 is 5.77. The molecule has 22 heavy (non-hydrogen) atoms. The van der Waals surface area contributed by atoms with Gasteiger partial charge in [-0.05, 0) is 31.7 Å². The van der Waals surface area contributed by atoms with E-state index in [0.29, 0.717) is 23.3 Å². The molecule has 0 spiro atoms. The maximum atomic E-state index is 14.0. The second-order valence-corrected chi connectivity index (χ2v) is 6.45. The summed E-state index contributed by atoms with van der Waals surface area (Å²) < 4.78 is 19.4. The van der Waals surface area contributed by atoms with Gasteiger partial charge in [0.15, 0.2) is 17.5 Å². The zero-order chi connectivity index (χ0) is 15.1. The minimum Gasteiger partial charge on any atom is -0.353 e. The lowest BCUT2D eigenvalue weighted by molar-refractivity contribution is 0.365. The lowest BCUT2D eigenvalue weighted by Crippen LogP contribution is -2.35. The molecule has 1 atom stereocenters. The molecule has 1 saturated carbocycles.